The van der Waals surface area contributed by atoms with Crippen LogP contribution in [0.2, 0.25) is 0 Å². The summed E-state index contributed by atoms with van der Waals surface area (Å²) in [6, 6.07) is 6.58. The number of carboxylic acids is 1. The minimum Gasteiger partial charge on any atom is -0.478 e. The second kappa shape index (κ2) is 5.93. The largest absolute Gasteiger partial charge is 0.478 e. The van der Waals surface area contributed by atoms with E-state index in [1.54, 1.807) is 18.2 Å². The Kier molecular flexibility index (Phi) is 5.18. The molecule has 1 N–H and O–H groups in total. The zero-order chi connectivity index (χ0) is 10.3. The van der Waals surface area contributed by atoms with Gasteiger partial charge in [-0.1, -0.05) is 12.1 Å². The fourth-order valence-electron chi connectivity index (χ4n) is 0.654. The zero-order valence-electron chi connectivity index (χ0n) is 6.45. The molecule has 0 amide bonds. The van der Waals surface area contributed by atoms with Crippen molar-refractivity contribution in [1.82, 2.24) is 0 Å². The molecule has 0 saturated heterocycles. The molecule has 0 bridgehead atoms. The first-order chi connectivity index (χ1) is 6.13. The Morgan fingerprint density at radius 2 is 1.85 bits per heavy atom. The van der Waals surface area contributed by atoms with Gasteiger partial charge in [0.25, 0.3) is 0 Å². The molecule has 1 aromatic carbocycles. The SMILES string of the molecule is O=C(O)c1ccccc1S.[N-]=[N+]=[N-]. The second-order valence-electron chi connectivity index (χ2n) is 1.91. The highest BCUT2D eigenvalue weighted by Gasteiger charge is 2.03. The number of carboxylic acid groups (broad SMARTS) is 1. The molecular formula is C7H6N3O2S-. The number of hydrogen-bond donors (Lipinski definition) is 2. The van der Waals surface area contributed by atoms with Crippen molar-refractivity contribution in [2.24, 2.45) is 0 Å². The van der Waals surface area contributed by atoms with E-state index in [0.717, 1.165) is 0 Å². The summed E-state index contributed by atoms with van der Waals surface area (Å²) >= 11 is 3.96. The number of carbonyl (C=O) groups is 1. The van der Waals surface area contributed by atoms with Crippen LogP contribution >= 0.6 is 12.6 Å². The van der Waals surface area contributed by atoms with Crippen LogP contribution in [-0.4, -0.2) is 11.1 Å². The topological polar surface area (TPSA) is 96.0 Å². The van der Waals surface area contributed by atoms with Gasteiger partial charge in [0.1, 0.15) is 0 Å². The van der Waals surface area contributed by atoms with Gasteiger partial charge in [0, 0.05) is 4.90 Å². The minimum absolute atomic E-state index is 0.242. The molecule has 0 unspecified atom stereocenters. The number of hydrogen-bond acceptors (Lipinski definition) is 2. The monoisotopic (exact) mass is 196 g/mol. The van der Waals surface area contributed by atoms with E-state index in [1.807, 2.05) is 0 Å². The number of thiol groups is 1. The predicted molar refractivity (Wildman–Crippen MR) is 50.7 cm³/mol. The van der Waals surface area contributed by atoms with Crippen LogP contribution in [0, 0.1) is 0 Å². The average Bonchev–Trinajstić information content (AvgIpc) is 2.06. The molecule has 68 valence electrons. The van der Waals surface area contributed by atoms with Gasteiger partial charge in [-0.05, 0) is 12.1 Å². The number of aromatic carboxylic acids is 1. The van der Waals surface area contributed by atoms with Gasteiger partial charge < -0.3 is 16.2 Å². The Balaban J connectivity index is 0.000000424. The molecular weight excluding hydrogens is 190 g/mol. The van der Waals surface area contributed by atoms with Gasteiger partial charge in [-0.2, -0.15) is 0 Å². The van der Waals surface area contributed by atoms with Crippen molar-refractivity contribution in [3.63, 3.8) is 0 Å². The van der Waals surface area contributed by atoms with Crippen LogP contribution in [0.4, 0.5) is 0 Å². The van der Waals surface area contributed by atoms with Crippen LogP contribution < -0.4 is 0 Å². The highest BCUT2D eigenvalue weighted by atomic mass is 32.1. The van der Waals surface area contributed by atoms with Gasteiger partial charge in [-0.25, -0.2) is 4.79 Å². The van der Waals surface area contributed by atoms with Crippen molar-refractivity contribution < 1.29 is 9.90 Å². The van der Waals surface area contributed by atoms with E-state index in [4.69, 9.17) is 16.2 Å². The average molecular weight is 196 g/mol. The van der Waals surface area contributed by atoms with Gasteiger partial charge in [-0.15, -0.1) is 12.6 Å². The first-order valence-electron chi connectivity index (χ1n) is 3.13. The fraction of sp³-hybridized carbons (Fsp3) is 0. The van der Waals surface area contributed by atoms with E-state index >= 15 is 0 Å². The van der Waals surface area contributed by atoms with Gasteiger partial charge in [0.2, 0.25) is 0 Å². The fourth-order valence-corrected chi connectivity index (χ4v) is 0.911. The smallest absolute Gasteiger partial charge is 0.336 e. The molecule has 0 aliphatic rings. The van der Waals surface area contributed by atoms with Crippen molar-refractivity contribution in [2.75, 3.05) is 0 Å². The molecule has 1 aromatic rings. The molecule has 1 rings (SSSR count). The summed E-state index contributed by atoms with van der Waals surface area (Å²) in [6.07, 6.45) is 0. The maximum absolute atomic E-state index is 10.4. The maximum atomic E-state index is 10.4. The summed E-state index contributed by atoms with van der Waals surface area (Å²) in [5.74, 6) is -0.939. The van der Waals surface area contributed by atoms with Crippen molar-refractivity contribution in [1.29, 1.82) is 0 Å². The highest BCUT2D eigenvalue weighted by molar-refractivity contribution is 7.80. The molecule has 0 atom stereocenters. The standard InChI is InChI=1S/C7H6O2S.N3/c8-7(9)5-3-1-2-4-6(5)10;1-3-2/h1-4,10H,(H,8,9);/q;-1. The van der Waals surface area contributed by atoms with Crippen LogP contribution in [0.25, 0.3) is 16.0 Å². The van der Waals surface area contributed by atoms with Gasteiger partial charge in [0.05, 0.1) is 5.56 Å². The van der Waals surface area contributed by atoms with E-state index in [2.05, 4.69) is 12.6 Å². The molecule has 0 radical (unpaired) electrons. The minimum atomic E-state index is -0.939. The van der Waals surface area contributed by atoms with E-state index < -0.39 is 5.97 Å². The quantitative estimate of drug-likeness (QED) is 0.312. The van der Waals surface area contributed by atoms with Crippen LogP contribution in [0.3, 0.4) is 0 Å². The Morgan fingerprint density at radius 3 is 2.15 bits per heavy atom. The van der Waals surface area contributed by atoms with Gasteiger partial charge >= 0.3 is 5.97 Å². The maximum Gasteiger partial charge on any atom is 0.336 e. The lowest BCUT2D eigenvalue weighted by Crippen LogP contribution is -1.96. The lowest BCUT2D eigenvalue weighted by Gasteiger charge is -1.95. The van der Waals surface area contributed by atoms with Crippen LogP contribution in [0.1, 0.15) is 10.4 Å². The summed E-state index contributed by atoms with van der Waals surface area (Å²) in [5, 5.41) is 8.52. The molecule has 0 aliphatic heterocycles. The molecule has 0 saturated carbocycles. The summed E-state index contributed by atoms with van der Waals surface area (Å²) in [5.41, 5.74) is 13.7. The number of benzene rings is 1. The lowest BCUT2D eigenvalue weighted by atomic mass is 10.2. The first kappa shape index (κ1) is 11.4. The third-order valence-corrected chi connectivity index (χ3v) is 1.52. The Morgan fingerprint density at radius 1 is 1.38 bits per heavy atom. The summed E-state index contributed by atoms with van der Waals surface area (Å²) in [4.78, 5) is 12.4. The highest BCUT2D eigenvalue weighted by Crippen LogP contribution is 2.11. The number of nitrogens with zero attached hydrogens (tertiary/aromatic N) is 3. The summed E-state index contributed by atoms with van der Waals surface area (Å²) in [7, 11) is 0. The molecule has 6 heteroatoms. The first-order valence-corrected chi connectivity index (χ1v) is 3.58. The van der Waals surface area contributed by atoms with Crippen LogP contribution in [0.15, 0.2) is 29.2 Å². The normalized spacial score (nSPS) is 7.77. The van der Waals surface area contributed by atoms with Crippen molar-refractivity contribution in [3.05, 3.63) is 45.8 Å². The molecule has 0 aromatic heterocycles. The third kappa shape index (κ3) is 4.05. The molecule has 0 aliphatic carbocycles. The molecule has 5 nitrogen and oxygen atoms in total. The van der Waals surface area contributed by atoms with E-state index in [-0.39, 0.29) is 5.56 Å². The van der Waals surface area contributed by atoms with Crippen molar-refractivity contribution in [3.8, 4) is 0 Å². The van der Waals surface area contributed by atoms with Gasteiger partial charge in [0.15, 0.2) is 0 Å². The molecule has 0 spiro atoms. The third-order valence-electron chi connectivity index (χ3n) is 1.13. The lowest BCUT2D eigenvalue weighted by molar-refractivity contribution is 0.0693. The van der Waals surface area contributed by atoms with E-state index in [1.165, 1.54) is 11.0 Å². The molecule has 13 heavy (non-hydrogen) atoms. The van der Waals surface area contributed by atoms with Gasteiger partial charge in [-0.3, -0.25) is 4.91 Å². The Labute approximate surface area is 79.8 Å². The predicted octanol–water partition coefficient (Wildman–Crippen LogP) is 2.54. The van der Waals surface area contributed by atoms with Crippen LogP contribution in [0.5, 0.6) is 0 Å². The van der Waals surface area contributed by atoms with Crippen molar-refractivity contribution in [2.45, 2.75) is 4.90 Å². The molecule has 0 fully saturated rings. The zero-order valence-corrected chi connectivity index (χ0v) is 7.35. The Hall–Kier alpha value is -1.65. The van der Waals surface area contributed by atoms with Crippen molar-refractivity contribution >= 4 is 18.6 Å². The second-order valence-corrected chi connectivity index (χ2v) is 2.39. The molecule has 0 heterocycles. The number of rotatable bonds is 1. The summed E-state index contributed by atoms with van der Waals surface area (Å²) < 4.78 is 0. The summed E-state index contributed by atoms with van der Waals surface area (Å²) in [6.45, 7) is 0. The van der Waals surface area contributed by atoms with E-state index in [9.17, 15) is 4.79 Å². The van der Waals surface area contributed by atoms with Crippen LogP contribution in [-0.2, 0) is 0 Å². The van der Waals surface area contributed by atoms with E-state index in [0.29, 0.717) is 4.90 Å². The Bertz CT molecular complexity index is 334.